The summed E-state index contributed by atoms with van der Waals surface area (Å²) in [4.78, 5) is 19.5. The molecule has 0 bridgehead atoms. The van der Waals surface area contributed by atoms with Crippen molar-refractivity contribution in [2.75, 3.05) is 6.61 Å². The first-order valence-corrected chi connectivity index (χ1v) is 19.5. The third kappa shape index (κ3) is 7.29. The highest BCUT2D eigenvalue weighted by molar-refractivity contribution is 6.78. The Hall–Kier alpha value is -1.91. The maximum absolute atomic E-state index is 13.0. The summed E-state index contributed by atoms with van der Waals surface area (Å²) in [7, 11) is -4.44. The number of ether oxygens (including phenoxy) is 1. The van der Waals surface area contributed by atoms with Gasteiger partial charge < -0.3 is 13.6 Å². The Morgan fingerprint density at radius 1 is 0.825 bits per heavy atom. The van der Waals surface area contributed by atoms with Crippen molar-refractivity contribution in [1.82, 2.24) is 4.90 Å². The van der Waals surface area contributed by atoms with Crippen LogP contribution in [0.1, 0.15) is 102 Å². The zero-order valence-corrected chi connectivity index (χ0v) is 29.4. The minimum absolute atomic E-state index is 0.186. The standard InChI is InChI=1S/C32H56N2O4Si2/c1-22(2)39(23(3)4,24(5)6)37-28(13)19-33-31(38-40(25(7)8,26(9)10)27(11)12)20-34-30(21-36-32(34)35)29-17-15-14-16-18-29/h14-20,22-28,30H,21H2,1-13H3/b31-20+,33-19+/t28-,30+/m0/s1. The minimum Gasteiger partial charge on any atom is -0.529 e. The van der Waals surface area contributed by atoms with Gasteiger partial charge in [-0.3, -0.25) is 4.90 Å². The van der Waals surface area contributed by atoms with Crippen LogP contribution < -0.4 is 0 Å². The fourth-order valence-electron chi connectivity index (χ4n) is 7.19. The lowest BCUT2D eigenvalue weighted by atomic mass is 10.1. The smallest absolute Gasteiger partial charge is 0.414 e. The average Bonchev–Trinajstić information content (AvgIpc) is 3.22. The number of amides is 1. The van der Waals surface area contributed by atoms with E-state index in [0.717, 1.165) is 5.56 Å². The Morgan fingerprint density at radius 2 is 1.30 bits per heavy atom. The molecule has 0 saturated carbocycles. The molecule has 40 heavy (non-hydrogen) atoms. The highest BCUT2D eigenvalue weighted by Gasteiger charge is 2.48. The van der Waals surface area contributed by atoms with E-state index in [4.69, 9.17) is 18.6 Å². The fraction of sp³-hybridized carbons (Fsp3) is 0.688. The molecule has 0 radical (unpaired) electrons. The minimum atomic E-state index is -2.35. The topological polar surface area (TPSA) is 60.4 Å². The molecule has 1 aromatic rings. The lowest BCUT2D eigenvalue weighted by Crippen LogP contribution is -2.50. The van der Waals surface area contributed by atoms with Gasteiger partial charge in [-0.2, -0.15) is 0 Å². The van der Waals surface area contributed by atoms with Gasteiger partial charge in [-0.25, -0.2) is 9.79 Å². The van der Waals surface area contributed by atoms with Crippen molar-refractivity contribution in [1.29, 1.82) is 0 Å². The monoisotopic (exact) mass is 588 g/mol. The summed E-state index contributed by atoms with van der Waals surface area (Å²) < 4.78 is 19.5. The molecular formula is C32H56N2O4Si2. The van der Waals surface area contributed by atoms with Crippen LogP contribution >= 0.6 is 0 Å². The molecule has 1 saturated heterocycles. The van der Waals surface area contributed by atoms with Crippen LogP contribution in [0.15, 0.2) is 47.4 Å². The van der Waals surface area contributed by atoms with Crippen LogP contribution in [0, 0.1) is 0 Å². The van der Waals surface area contributed by atoms with Gasteiger partial charge in [-0.05, 0) is 45.7 Å². The molecule has 1 aromatic carbocycles. The van der Waals surface area contributed by atoms with Crippen LogP contribution in [0.5, 0.6) is 0 Å². The molecule has 0 N–H and O–H groups in total. The van der Waals surface area contributed by atoms with Crippen LogP contribution in [0.3, 0.4) is 0 Å². The van der Waals surface area contributed by atoms with E-state index in [2.05, 4.69) is 90.0 Å². The summed E-state index contributed by atoms with van der Waals surface area (Å²) in [6, 6.07) is 9.76. The SMILES string of the molecule is CC(C)[Si](OC(=C/N1C(=O)OC[C@@H]1c1ccccc1)/N=C/[C@H](C)O[Si](C(C)C)(C(C)C)C(C)C)(C(C)C)C(C)C. The Bertz CT molecular complexity index is 962. The van der Waals surface area contributed by atoms with Gasteiger partial charge in [0.15, 0.2) is 0 Å². The van der Waals surface area contributed by atoms with E-state index in [-0.39, 0.29) is 18.2 Å². The first-order chi connectivity index (χ1) is 18.6. The van der Waals surface area contributed by atoms with Crippen LogP contribution in [-0.4, -0.2) is 46.6 Å². The average molecular weight is 589 g/mol. The number of rotatable bonds is 14. The lowest BCUT2D eigenvalue weighted by Gasteiger charge is -2.43. The molecule has 2 rings (SSSR count). The predicted molar refractivity (Wildman–Crippen MR) is 173 cm³/mol. The maximum Gasteiger partial charge on any atom is 0.414 e. The van der Waals surface area contributed by atoms with Gasteiger partial charge in [0.1, 0.15) is 6.61 Å². The molecule has 8 heteroatoms. The van der Waals surface area contributed by atoms with Gasteiger partial charge in [0.25, 0.3) is 8.32 Å². The summed E-state index contributed by atoms with van der Waals surface area (Å²) >= 11 is 0. The van der Waals surface area contributed by atoms with Crippen molar-refractivity contribution in [3.05, 3.63) is 48.0 Å². The first kappa shape index (κ1) is 34.3. The predicted octanol–water partition coefficient (Wildman–Crippen LogP) is 9.82. The van der Waals surface area contributed by atoms with Crippen molar-refractivity contribution in [2.24, 2.45) is 4.99 Å². The van der Waals surface area contributed by atoms with Crippen molar-refractivity contribution in [3.63, 3.8) is 0 Å². The van der Waals surface area contributed by atoms with E-state index < -0.39 is 16.6 Å². The van der Waals surface area contributed by atoms with Gasteiger partial charge in [0.05, 0.1) is 18.3 Å². The molecule has 1 amide bonds. The van der Waals surface area contributed by atoms with E-state index in [0.29, 0.717) is 45.7 Å². The number of carbonyl (C=O) groups is 1. The number of nitrogens with zero attached hydrogens (tertiary/aromatic N) is 2. The molecule has 1 aliphatic heterocycles. The molecule has 1 heterocycles. The molecule has 0 unspecified atom stereocenters. The Morgan fingerprint density at radius 3 is 1.75 bits per heavy atom. The maximum atomic E-state index is 13.0. The second-order valence-electron chi connectivity index (χ2n) is 13.2. The zero-order valence-electron chi connectivity index (χ0n) is 27.4. The van der Waals surface area contributed by atoms with E-state index in [1.165, 1.54) is 0 Å². The number of hydrogen-bond acceptors (Lipinski definition) is 5. The Kier molecular flexibility index (Phi) is 12.3. The highest BCUT2D eigenvalue weighted by Crippen LogP contribution is 2.45. The molecule has 0 aliphatic carbocycles. The van der Waals surface area contributed by atoms with Gasteiger partial charge in [0, 0.05) is 6.21 Å². The van der Waals surface area contributed by atoms with Crippen molar-refractivity contribution < 1.29 is 18.4 Å². The normalized spacial score (nSPS) is 18.4. The van der Waals surface area contributed by atoms with Crippen LogP contribution in [0.4, 0.5) is 4.79 Å². The number of benzene rings is 1. The third-order valence-electron chi connectivity index (χ3n) is 8.84. The summed E-state index contributed by atoms with van der Waals surface area (Å²) in [5.74, 6) is 0.462. The quantitative estimate of drug-likeness (QED) is 0.123. The molecule has 2 atom stereocenters. The van der Waals surface area contributed by atoms with Gasteiger partial charge in [-0.1, -0.05) is 113 Å². The zero-order chi connectivity index (χ0) is 30.4. The van der Waals surface area contributed by atoms with Crippen LogP contribution in [-0.2, 0) is 13.6 Å². The van der Waals surface area contributed by atoms with Crippen LogP contribution in [0.2, 0.25) is 33.2 Å². The van der Waals surface area contributed by atoms with E-state index in [1.54, 1.807) is 11.1 Å². The number of cyclic esters (lactones) is 1. The van der Waals surface area contributed by atoms with Crippen molar-refractivity contribution in [2.45, 2.75) is 135 Å². The van der Waals surface area contributed by atoms with Crippen molar-refractivity contribution in [3.8, 4) is 0 Å². The lowest BCUT2D eigenvalue weighted by molar-refractivity contribution is 0.165. The number of hydrogen-bond donors (Lipinski definition) is 0. The van der Waals surface area contributed by atoms with E-state index in [9.17, 15) is 4.79 Å². The molecule has 1 fully saturated rings. The molecular weight excluding hydrogens is 533 g/mol. The second-order valence-corrected chi connectivity index (χ2v) is 24.0. The van der Waals surface area contributed by atoms with E-state index >= 15 is 0 Å². The Labute approximate surface area is 246 Å². The molecule has 226 valence electrons. The van der Waals surface area contributed by atoms with Gasteiger partial charge in [0.2, 0.25) is 14.2 Å². The summed E-state index contributed by atoms with van der Waals surface area (Å²) in [6.45, 7) is 29.6. The summed E-state index contributed by atoms with van der Waals surface area (Å²) in [5.41, 5.74) is 3.52. The molecule has 1 aliphatic rings. The number of aliphatic imine (C=N–C) groups is 1. The Balaban J connectivity index is 2.57. The number of carbonyl (C=O) groups excluding carboxylic acids is 1. The van der Waals surface area contributed by atoms with Gasteiger partial charge in [-0.15, -0.1) is 0 Å². The first-order valence-electron chi connectivity index (χ1n) is 15.2. The molecule has 0 aromatic heterocycles. The van der Waals surface area contributed by atoms with Crippen molar-refractivity contribution >= 4 is 28.9 Å². The molecule has 0 spiro atoms. The molecule has 6 nitrogen and oxygen atoms in total. The van der Waals surface area contributed by atoms with Crippen LogP contribution in [0.25, 0.3) is 0 Å². The van der Waals surface area contributed by atoms with E-state index in [1.807, 2.05) is 36.5 Å². The fourth-order valence-corrected chi connectivity index (χ4v) is 17.9. The summed E-state index contributed by atoms with van der Waals surface area (Å²) in [5, 5.41) is 0. The largest absolute Gasteiger partial charge is 0.529 e. The highest BCUT2D eigenvalue weighted by atomic mass is 28.4. The van der Waals surface area contributed by atoms with Gasteiger partial charge >= 0.3 is 6.09 Å². The summed E-state index contributed by atoms with van der Waals surface area (Å²) in [6.07, 6.45) is 3.07. The third-order valence-corrected chi connectivity index (χ3v) is 21.0. The second kappa shape index (κ2) is 14.3.